The van der Waals surface area contributed by atoms with E-state index in [0.717, 1.165) is 38.5 Å². The van der Waals surface area contributed by atoms with Gasteiger partial charge in [-0.1, -0.05) is 236 Å². The first-order chi connectivity index (χ1) is 44.5. The minimum Gasteiger partial charge on any atom is -0.310 e. The fourth-order valence-corrected chi connectivity index (χ4v) is 17.0. The molecule has 14 aromatic rings. The number of hydrogen-bond donors (Lipinski definition) is 0. The van der Waals surface area contributed by atoms with Crippen molar-refractivity contribution >= 4 is 100 Å². The third-order valence-electron chi connectivity index (χ3n) is 21.4. The summed E-state index contributed by atoms with van der Waals surface area (Å²) in [5.41, 5.74) is 27.7. The van der Waals surface area contributed by atoms with Crippen molar-refractivity contribution in [1.82, 2.24) is 0 Å². The summed E-state index contributed by atoms with van der Waals surface area (Å²) in [5, 5.41) is 11.7. The van der Waals surface area contributed by atoms with Crippen LogP contribution in [0, 0.1) is 0 Å². The van der Waals surface area contributed by atoms with Crippen molar-refractivity contribution in [3.05, 3.63) is 321 Å². The van der Waals surface area contributed by atoms with Crippen LogP contribution in [0.5, 0.6) is 0 Å². The Morgan fingerprint density at radius 3 is 1.02 bits per heavy atom. The number of benzene rings is 14. The molecule has 4 aliphatic carbocycles. The smallest absolute Gasteiger partial charge is 0.0468 e. The maximum atomic E-state index is 6.33. The Labute approximate surface area is 549 Å². The molecule has 0 N–H and O–H groups in total. The third-order valence-corrected chi connectivity index (χ3v) is 21.8. The second kappa shape index (κ2) is 20.4. The topological polar surface area (TPSA) is 6.48 Å². The summed E-state index contributed by atoms with van der Waals surface area (Å²) < 4.78 is 0. The number of fused-ring (bicyclic) bond motifs is 14. The van der Waals surface area contributed by atoms with E-state index in [1.165, 1.54) is 138 Å². The van der Waals surface area contributed by atoms with Crippen LogP contribution in [0.15, 0.2) is 267 Å². The van der Waals surface area contributed by atoms with E-state index >= 15 is 0 Å². The molecule has 444 valence electrons. The van der Waals surface area contributed by atoms with Gasteiger partial charge in [0.15, 0.2) is 0 Å². The van der Waals surface area contributed by atoms with Gasteiger partial charge in [0.05, 0.1) is 0 Å². The van der Waals surface area contributed by atoms with E-state index in [9.17, 15) is 0 Å². The van der Waals surface area contributed by atoms with Crippen molar-refractivity contribution in [2.24, 2.45) is 0 Å². The molecule has 0 atom stereocenters. The van der Waals surface area contributed by atoms with Gasteiger partial charge in [0.25, 0.3) is 0 Å². The molecular formula is C88H68Cl2N2. The van der Waals surface area contributed by atoms with Gasteiger partial charge in [-0.05, 0) is 241 Å². The molecule has 0 radical (unpaired) electrons. The lowest BCUT2D eigenvalue weighted by Crippen LogP contribution is -2.24. The molecule has 4 aliphatic rings. The zero-order valence-electron chi connectivity index (χ0n) is 53.1. The number of para-hydroxylation sites is 2. The highest BCUT2D eigenvalue weighted by molar-refractivity contribution is 6.32. The lowest BCUT2D eigenvalue weighted by Gasteiger charge is -2.37. The fourth-order valence-electron chi connectivity index (χ4n) is 16.7. The van der Waals surface area contributed by atoms with Crippen molar-refractivity contribution in [3.63, 3.8) is 0 Å². The first-order valence-corrected chi connectivity index (χ1v) is 33.0. The first kappa shape index (κ1) is 56.3. The molecule has 4 heteroatoms. The molecule has 0 fully saturated rings. The molecule has 0 heterocycles. The molecule has 0 aromatic heterocycles. The number of hydrogen-bond acceptors (Lipinski definition) is 2. The molecule has 0 amide bonds. The zero-order chi connectivity index (χ0) is 62.7. The minimum absolute atomic E-state index is 0.0971. The van der Waals surface area contributed by atoms with Crippen LogP contribution in [0.2, 0.25) is 10.0 Å². The number of anilines is 6. The Morgan fingerprint density at radius 1 is 0.217 bits per heavy atom. The lowest BCUT2D eigenvalue weighted by atomic mass is 9.68. The molecule has 0 bridgehead atoms. The molecule has 92 heavy (non-hydrogen) atoms. The van der Waals surface area contributed by atoms with Crippen molar-refractivity contribution in [3.8, 4) is 44.5 Å². The molecule has 2 nitrogen and oxygen atoms in total. The summed E-state index contributed by atoms with van der Waals surface area (Å²) in [6.45, 7) is 18.9. The van der Waals surface area contributed by atoms with Crippen molar-refractivity contribution < 1.29 is 0 Å². The Bertz CT molecular complexity index is 5440. The molecule has 14 aromatic carbocycles. The second-order valence-electron chi connectivity index (χ2n) is 27.9. The average molecular weight is 1220 g/mol. The monoisotopic (exact) mass is 1220 g/mol. The second-order valence-corrected chi connectivity index (χ2v) is 28.8. The van der Waals surface area contributed by atoms with E-state index in [-0.39, 0.29) is 21.7 Å². The summed E-state index contributed by atoms with van der Waals surface area (Å²) in [4.78, 5) is 4.89. The minimum atomic E-state index is -0.266. The van der Waals surface area contributed by atoms with E-state index in [0.29, 0.717) is 0 Å². The van der Waals surface area contributed by atoms with Crippen LogP contribution < -0.4 is 9.80 Å². The van der Waals surface area contributed by atoms with Crippen molar-refractivity contribution in [2.45, 2.75) is 77.0 Å². The van der Waals surface area contributed by atoms with Crippen molar-refractivity contribution in [2.75, 3.05) is 9.80 Å². The maximum Gasteiger partial charge on any atom is 0.0468 e. The fraction of sp³-hybridized carbons (Fsp3) is 0.136. The first-order valence-electron chi connectivity index (χ1n) is 32.3. The maximum absolute atomic E-state index is 6.33. The molecule has 0 aliphatic heterocycles. The number of halogens is 2. The Morgan fingerprint density at radius 2 is 0.543 bits per heavy atom. The summed E-state index contributed by atoms with van der Waals surface area (Å²) >= 11 is 12.6. The standard InChI is InChI=1S/C65H52N2.C23H16Cl2/c1-63(2)56-25-15-13-22-48(56)50-33-30-45(38-59(50)63)66(42-18-9-7-10-19-42)44-29-28-41-36-55-52-35-32-47(40-61(52)65(5,6)58-27-17-24-53(62(55)58)54(41)37-44)67(43-20-11-8-12-21-43)46-31-34-51-49-23-14-16-26-57(49)64(3,4)60(51)39-46;1-23(2)20-5-3-4-17-18-11-14(24)7-6-13(18)10-19(22(17)20)16-9-8-15(25)12-21(16)23/h7-40H,1-6H3;3-12H,1-2H3. The van der Waals surface area contributed by atoms with Gasteiger partial charge in [0.2, 0.25) is 0 Å². The Hall–Kier alpha value is -9.70. The predicted octanol–water partition coefficient (Wildman–Crippen LogP) is 25.5. The highest BCUT2D eigenvalue weighted by Crippen LogP contribution is 2.57. The normalized spacial score (nSPS) is 15.0. The zero-order valence-corrected chi connectivity index (χ0v) is 54.6. The van der Waals surface area contributed by atoms with E-state index in [4.69, 9.17) is 23.2 Å². The summed E-state index contributed by atoms with van der Waals surface area (Å²) in [5.74, 6) is 0. The highest BCUT2D eigenvalue weighted by Gasteiger charge is 2.40. The van der Waals surface area contributed by atoms with Gasteiger partial charge in [0, 0.05) is 65.8 Å². The number of nitrogens with zero attached hydrogens (tertiary/aromatic N) is 2. The molecule has 0 saturated heterocycles. The van der Waals surface area contributed by atoms with Gasteiger partial charge in [0.1, 0.15) is 0 Å². The van der Waals surface area contributed by atoms with Crippen LogP contribution >= 0.6 is 23.2 Å². The van der Waals surface area contributed by atoms with Gasteiger partial charge in [-0.25, -0.2) is 0 Å². The summed E-state index contributed by atoms with van der Waals surface area (Å²) in [7, 11) is 0. The van der Waals surface area contributed by atoms with Crippen LogP contribution in [0.3, 0.4) is 0 Å². The van der Waals surface area contributed by atoms with Gasteiger partial charge in [-0.2, -0.15) is 0 Å². The van der Waals surface area contributed by atoms with E-state index in [1.54, 1.807) is 0 Å². The van der Waals surface area contributed by atoms with Gasteiger partial charge < -0.3 is 9.80 Å². The van der Waals surface area contributed by atoms with Gasteiger partial charge >= 0.3 is 0 Å². The van der Waals surface area contributed by atoms with Crippen LogP contribution in [-0.2, 0) is 21.7 Å². The van der Waals surface area contributed by atoms with E-state index < -0.39 is 0 Å². The SMILES string of the molecule is CC1(C)c2cc(Cl)ccc2-c2cc3ccc(Cl)cc3c3cccc1c23.CC1(C)c2ccccc2-c2ccc(N(c3ccccc3)c3ccc4c(c3)C(C)(C)c3cccc5c3c-4cc3ccc(N(c4ccccc4)c4ccc6c(c4)C(C)(C)c4ccccc4-6)cc35)cc21. The number of rotatable bonds is 6. The van der Waals surface area contributed by atoms with Gasteiger partial charge in [-0.15, -0.1) is 0 Å². The Kier molecular flexibility index (Phi) is 12.5. The van der Waals surface area contributed by atoms with Crippen LogP contribution in [0.1, 0.15) is 99.9 Å². The Balaban J connectivity index is 0.000000216. The molecule has 0 unspecified atom stereocenters. The lowest BCUT2D eigenvalue weighted by molar-refractivity contribution is 0.645. The van der Waals surface area contributed by atoms with E-state index in [1.807, 2.05) is 12.1 Å². The predicted molar refractivity (Wildman–Crippen MR) is 393 cm³/mol. The quantitative estimate of drug-likeness (QED) is 0.153. The largest absolute Gasteiger partial charge is 0.310 e. The summed E-state index contributed by atoms with van der Waals surface area (Å²) in [6.07, 6.45) is 0. The van der Waals surface area contributed by atoms with Crippen LogP contribution in [-0.4, -0.2) is 0 Å². The molecule has 18 rings (SSSR count). The average Bonchev–Trinajstić information content (AvgIpc) is 1.06. The van der Waals surface area contributed by atoms with Crippen LogP contribution in [0.4, 0.5) is 34.1 Å². The van der Waals surface area contributed by atoms with Crippen LogP contribution in [0.25, 0.3) is 87.6 Å². The highest BCUT2D eigenvalue weighted by atomic mass is 35.5. The molecular weight excluding hydrogens is 1160 g/mol. The third kappa shape index (κ3) is 8.32. The molecule has 0 saturated carbocycles. The van der Waals surface area contributed by atoms with Crippen molar-refractivity contribution in [1.29, 1.82) is 0 Å². The summed E-state index contributed by atoms with van der Waals surface area (Å²) in [6, 6.07) is 98.7. The van der Waals surface area contributed by atoms with E-state index in [2.05, 4.69) is 320 Å². The molecule has 0 spiro atoms. The van der Waals surface area contributed by atoms with Gasteiger partial charge in [-0.3, -0.25) is 0 Å².